The summed E-state index contributed by atoms with van der Waals surface area (Å²) in [5.74, 6) is -0.149. The average Bonchev–Trinajstić information content (AvgIpc) is 3.36. The molecule has 28 heavy (non-hydrogen) atoms. The molecule has 4 aromatic heterocycles. The van der Waals surface area contributed by atoms with Gasteiger partial charge in [0.2, 0.25) is 0 Å². The van der Waals surface area contributed by atoms with Gasteiger partial charge in [-0.15, -0.1) is 22.7 Å². The van der Waals surface area contributed by atoms with Gasteiger partial charge in [-0.2, -0.15) is 5.10 Å². The molecule has 0 saturated heterocycles. The van der Waals surface area contributed by atoms with Crippen molar-refractivity contribution in [3.8, 4) is 0 Å². The van der Waals surface area contributed by atoms with E-state index in [1.165, 1.54) is 4.88 Å². The molecule has 0 aliphatic rings. The predicted octanol–water partition coefficient (Wildman–Crippen LogP) is 4.28. The number of hydrogen-bond donors (Lipinski definition) is 1. The zero-order valence-electron chi connectivity index (χ0n) is 16.2. The number of amides is 1. The Labute approximate surface area is 171 Å². The van der Waals surface area contributed by atoms with Crippen LogP contribution in [0, 0.1) is 13.8 Å². The molecule has 0 aliphatic carbocycles. The molecule has 0 saturated carbocycles. The average molecular weight is 412 g/mol. The summed E-state index contributed by atoms with van der Waals surface area (Å²) in [6.07, 6.45) is 1.73. The van der Waals surface area contributed by atoms with Gasteiger partial charge >= 0.3 is 0 Å². The van der Waals surface area contributed by atoms with E-state index in [1.54, 1.807) is 28.9 Å². The maximum Gasteiger partial charge on any atom is 0.252 e. The normalized spacial score (nSPS) is 11.9. The van der Waals surface area contributed by atoms with Gasteiger partial charge in [-0.3, -0.25) is 4.79 Å². The Morgan fingerprint density at radius 2 is 2.04 bits per heavy atom. The van der Waals surface area contributed by atoms with Gasteiger partial charge in [0.25, 0.3) is 5.91 Å². The van der Waals surface area contributed by atoms with Gasteiger partial charge in [-0.25, -0.2) is 14.6 Å². The fourth-order valence-corrected chi connectivity index (χ4v) is 4.64. The third kappa shape index (κ3) is 3.57. The Morgan fingerprint density at radius 3 is 2.71 bits per heavy atom. The SMILES string of the molecule is Cc1csc(C(C)(C)NC(=O)c2cc(C)nc3c2cnn3Cc2cccs2)n1. The van der Waals surface area contributed by atoms with Crippen LogP contribution >= 0.6 is 22.7 Å². The van der Waals surface area contributed by atoms with Crippen molar-refractivity contribution in [2.24, 2.45) is 0 Å². The second-order valence-electron chi connectivity index (χ2n) is 7.30. The van der Waals surface area contributed by atoms with Crippen molar-refractivity contribution in [3.63, 3.8) is 0 Å². The molecule has 0 fully saturated rings. The number of carbonyl (C=O) groups is 1. The molecular weight excluding hydrogens is 390 g/mol. The van der Waals surface area contributed by atoms with Crippen LogP contribution in [0.1, 0.15) is 45.5 Å². The molecular formula is C20H21N5OS2. The molecule has 0 spiro atoms. The van der Waals surface area contributed by atoms with Gasteiger partial charge in [0.1, 0.15) is 5.01 Å². The lowest BCUT2D eigenvalue weighted by Gasteiger charge is -2.24. The van der Waals surface area contributed by atoms with E-state index in [0.717, 1.165) is 27.4 Å². The van der Waals surface area contributed by atoms with E-state index < -0.39 is 5.54 Å². The quantitative estimate of drug-likeness (QED) is 0.532. The summed E-state index contributed by atoms with van der Waals surface area (Å²) in [6.45, 7) is 8.43. The first-order valence-corrected chi connectivity index (χ1v) is 10.7. The zero-order valence-corrected chi connectivity index (χ0v) is 17.8. The fraction of sp³-hybridized carbons (Fsp3) is 0.300. The maximum atomic E-state index is 13.1. The lowest BCUT2D eigenvalue weighted by Crippen LogP contribution is -2.41. The summed E-state index contributed by atoms with van der Waals surface area (Å²) in [4.78, 5) is 23.5. The zero-order chi connectivity index (χ0) is 19.9. The Bertz CT molecular complexity index is 1140. The van der Waals surface area contributed by atoms with E-state index in [1.807, 2.05) is 55.3 Å². The third-order valence-corrected chi connectivity index (χ3v) is 6.59. The minimum Gasteiger partial charge on any atom is -0.341 e. The van der Waals surface area contributed by atoms with Crippen molar-refractivity contribution >= 4 is 39.6 Å². The van der Waals surface area contributed by atoms with Gasteiger partial charge in [0, 0.05) is 21.6 Å². The second kappa shape index (κ2) is 7.10. The summed E-state index contributed by atoms with van der Waals surface area (Å²) in [7, 11) is 0. The highest BCUT2D eigenvalue weighted by molar-refractivity contribution is 7.10. The van der Waals surface area contributed by atoms with Gasteiger partial charge in [0.05, 0.1) is 29.2 Å². The first-order chi connectivity index (χ1) is 13.3. The molecule has 0 aliphatic heterocycles. The number of thiophene rings is 1. The van der Waals surface area contributed by atoms with Crippen LogP contribution in [-0.2, 0) is 12.1 Å². The molecule has 0 unspecified atom stereocenters. The van der Waals surface area contributed by atoms with Crippen molar-refractivity contribution in [2.45, 2.75) is 39.8 Å². The summed E-state index contributed by atoms with van der Waals surface area (Å²) in [5, 5.41) is 13.3. The van der Waals surface area contributed by atoms with E-state index in [4.69, 9.17) is 0 Å². The predicted molar refractivity (Wildman–Crippen MR) is 113 cm³/mol. The van der Waals surface area contributed by atoms with Crippen LogP contribution < -0.4 is 5.32 Å². The minimum atomic E-state index is -0.563. The number of nitrogens with one attached hydrogen (secondary N) is 1. The van der Waals surface area contributed by atoms with Crippen molar-refractivity contribution in [1.29, 1.82) is 0 Å². The largest absolute Gasteiger partial charge is 0.341 e. The first-order valence-electron chi connectivity index (χ1n) is 8.94. The van der Waals surface area contributed by atoms with Gasteiger partial charge < -0.3 is 5.32 Å². The molecule has 1 amide bonds. The molecule has 144 valence electrons. The number of aromatic nitrogens is 4. The van der Waals surface area contributed by atoms with Crippen LogP contribution in [0.25, 0.3) is 11.0 Å². The minimum absolute atomic E-state index is 0.149. The molecule has 1 N–H and O–H groups in total. The molecule has 8 heteroatoms. The second-order valence-corrected chi connectivity index (χ2v) is 9.19. The monoisotopic (exact) mass is 411 g/mol. The molecule has 6 nitrogen and oxygen atoms in total. The Hall–Kier alpha value is -2.58. The summed E-state index contributed by atoms with van der Waals surface area (Å²) in [5.41, 5.74) is 2.49. The number of rotatable bonds is 5. The van der Waals surface area contributed by atoms with E-state index in [9.17, 15) is 4.79 Å². The highest BCUT2D eigenvalue weighted by Crippen LogP contribution is 2.26. The molecule has 0 radical (unpaired) electrons. The van der Waals surface area contributed by atoms with E-state index in [2.05, 4.69) is 26.4 Å². The van der Waals surface area contributed by atoms with Crippen LogP contribution in [0.15, 0.2) is 35.2 Å². The number of aryl methyl sites for hydroxylation is 2. The number of fused-ring (bicyclic) bond motifs is 1. The van der Waals surface area contributed by atoms with E-state index in [-0.39, 0.29) is 5.91 Å². The van der Waals surface area contributed by atoms with Crippen LogP contribution in [0.5, 0.6) is 0 Å². The van der Waals surface area contributed by atoms with Crippen LogP contribution in [0.4, 0.5) is 0 Å². The van der Waals surface area contributed by atoms with Gasteiger partial charge in [0.15, 0.2) is 5.65 Å². The number of carbonyl (C=O) groups excluding carboxylic acids is 1. The Morgan fingerprint density at radius 1 is 1.21 bits per heavy atom. The molecule has 0 aromatic carbocycles. The Kier molecular flexibility index (Phi) is 4.76. The van der Waals surface area contributed by atoms with Crippen LogP contribution in [0.3, 0.4) is 0 Å². The van der Waals surface area contributed by atoms with E-state index >= 15 is 0 Å². The standard InChI is InChI=1S/C20H21N5OS2/c1-12-8-15(18(26)24-20(3,4)19-23-13(2)11-28-19)16-9-21-25(17(16)22-12)10-14-6-5-7-27-14/h5-9,11H,10H2,1-4H3,(H,24,26). The molecule has 4 rings (SSSR count). The summed E-state index contributed by atoms with van der Waals surface area (Å²) in [6, 6.07) is 5.91. The highest BCUT2D eigenvalue weighted by Gasteiger charge is 2.28. The lowest BCUT2D eigenvalue weighted by molar-refractivity contribution is 0.0913. The summed E-state index contributed by atoms with van der Waals surface area (Å²) >= 11 is 3.23. The Balaban J connectivity index is 1.68. The number of hydrogen-bond acceptors (Lipinski definition) is 6. The van der Waals surface area contributed by atoms with Crippen LogP contribution in [-0.4, -0.2) is 25.7 Å². The van der Waals surface area contributed by atoms with Crippen molar-refractivity contribution in [3.05, 3.63) is 62.0 Å². The van der Waals surface area contributed by atoms with Gasteiger partial charge in [-0.1, -0.05) is 6.07 Å². The molecule has 4 aromatic rings. The lowest BCUT2D eigenvalue weighted by atomic mass is 10.0. The smallest absolute Gasteiger partial charge is 0.252 e. The molecule has 0 bridgehead atoms. The van der Waals surface area contributed by atoms with Crippen molar-refractivity contribution in [1.82, 2.24) is 25.1 Å². The number of nitrogens with zero attached hydrogens (tertiary/aromatic N) is 4. The van der Waals surface area contributed by atoms with E-state index in [0.29, 0.717) is 12.1 Å². The first kappa shape index (κ1) is 18.8. The maximum absolute atomic E-state index is 13.1. The van der Waals surface area contributed by atoms with Crippen molar-refractivity contribution in [2.75, 3.05) is 0 Å². The molecule has 0 atom stereocenters. The number of thiazole rings is 1. The highest BCUT2D eigenvalue weighted by atomic mass is 32.1. The van der Waals surface area contributed by atoms with Crippen LogP contribution in [0.2, 0.25) is 0 Å². The third-order valence-electron chi connectivity index (χ3n) is 4.45. The fourth-order valence-electron chi connectivity index (χ4n) is 3.07. The summed E-state index contributed by atoms with van der Waals surface area (Å²) < 4.78 is 1.85. The molecule has 4 heterocycles. The topological polar surface area (TPSA) is 72.7 Å². The number of pyridine rings is 1. The van der Waals surface area contributed by atoms with Crippen molar-refractivity contribution < 1.29 is 4.79 Å². The van der Waals surface area contributed by atoms with Gasteiger partial charge in [-0.05, 0) is 45.2 Å².